The van der Waals surface area contributed by atoms with Gasteiger partial charge in [-0.2, -0.15) is 5.10 Å². The van der Waals surface area contributed by atoms with E-state index in [4.69, 9.17) is 23.2 Å². The highest BCUT2D eigenvalue weighted by Gasteiger charge is 2.27. The Morgan fingerprint density at radius 2 is 1.74 bits per heavy atom. The number of benzene rings is 3. The zero-order chi connectivity index (χ0) is 24.9. The van der Waals surface area contributed by atoms with Gasteiger partial charge in [0.1, 0.15) is 12.3 Å². The number of hydrazone groups is 1. The van der Waals surface area contributed by atoms with E-state index < -0.39 is 22.5 Å². The molecule has 3 aromatic carbocycles. The fraction of sp³-hybridized carbons (Fsp3) is 0.167. The van der Waals surface area contributed by atoms with E-state index in [2.05, 4.69) is 10.5 Å². The first-order valence-corrected chi connectivity index (χ1v) is 12.5. The minimum absolute atomic E-state index is 0.0326. The number of halogens is 2. The van der Waals surface area contributed by atoms with Crippen LogP contribution in [-0.2, 0) is 14.8 Å². The zero-order valence-electron chi connectivity index (χ0n) is 18.4. The van der Waals surface area contributed by atoms with Crippen LogP contribution < -0.4 is 9.73 Å². The van der Waals surface area contributed by atoms with Gasteiger partial charge < -0.3 is 5.11 Å². The normalized spacial score (nSPS) is 11.7. The van der Waals surface area contributed by atoms with Crippen molar-refractivity contribution in [3.05, 3.63) is 87.9 Å². The van der Waals surface area contributed by atoms with Gasteiger partial charge in [0.2, 0.25) is 0 Å². The standard InChI is InChI=1S/C24H23Cl2N3O4S/c1-16(2)17-8-10-20(11-9-17)29(34(32,33)21-6-4-3-5-7-21)15-23(30)28-27-14-18-12-19(25)13-22(26)24(18)31/h3-14,16,31H,15H2,1-2H3,(H,28,30)/b27-14+. The molecule has 0 aromatic heterocycles. The van der Waals surface area contributed by atoms with Gasteiger partial charge >= 0.3 is 0 Å². The third-order valence-corrected chi connectivity index (χ3v) is 7.21. The summed E-state index contributed by atoms with van der Waals surface area (Å²) in [5.41, 5.74) is 3.84. The average molecular weight is 520 g/mol. The molecule has 0 unspecified atom stereocenters. The molecule has 0 atom stereocenters. The molecule has 3 rings (SSSR count). The fourth-order valence-electron chi connectivity index (χ4n) is 3.08. The maximum Gasteiger partial charge on any atom is 0.264 e. The smallest absolute Gasteiger partial charge is 0.264 e. The van der Waals surface area contributed by atoms with Gasteiger partial charge in [0, 0.05) is 10.6 Å². The minimum atomic E-state index is -4.03. The molecule has 0 saturated heterocycles. The molecular formula is C24H23Cl2N3O4S. The van der Waals surface area contributed by atoms with E-state index in [9.17, 15) is 18.3 Å². The highest BCUT2D eigenvalue weighted by Crippen LogP contribution is 2.30. The predicted octanol–water partition coefficient (Wildman–Crippen LogP) is 5.17. The molecule has 0 aliphatic carbocycles. The molecule has 2 N–H and O–H groups in total. The molecule has 0 fully saturated rings. The van der Waals surface area contributed by atoms with E-state index in [0.717, 1.165) is 9.87 Å². The van der Waals surface area contributed by atoms with Crippen LogP contribution >= 0.6 is 23.2 Å². The SMILES string of the molecule is CC(C)c1ccc(N(CC(=O)N/N=C/c2cc(Cl)cc(Cl)c2O)S(=O)(=O)c2ccccc2)cc1. The highest BCUT2D eigenvalue weighted by molar-refractivity contribution is 7.92. The van der Waals surface area contributed by atoms with Crippen LogP contribution in [0, 0.1) is 0 Å². The molecule has 178 valence electrons. The summed E-state index contributed by atoms with van der Waals surface area (Å²) in [6.45, 7) is 3.55. The maximum absolute atomic E-state index is 13.3. The van der Waals surface area contributed by atoms with Crippen LogP contribution in [0.1, 0.15) is 30.9 Å². The molecule has 0 aliphatic rings. The Morgan fingerprint density at radius 1 is 1.09 bits per heavy atom. The van der Waals surface area contributed by atoms with Gasteiger partial charge in [-0.1, -0.05) is 67.4 Å². The van der Waals surface area contributed by atoms with Crippen molar-refractivity contribution in [2.45, 2.75) is 24.7 Å². The highest BCUT2D eigenvalue weighted by atomic mass is 35.5. The lowest BCUT2D eigenvalue weighted by molar-refractivity contribution is -0.119. The second-order valence-corrected chi connectivity index (χ2v) is 10.4. The molecule has 7 nitrogen and oxygen atoms in total. The summed E-state index contributed by atoms with van der Waals surface area (Å²) in [6.07, 6.45) is 1.17. The molecule has 0 saturated carbocycles. The quantitative estimate of drug-likeness (QED) is 0.316. The van der Waals surface area contributed by atoms with E-state index in [-0.39, 0.29) is 32.2 Å². The summed E-state index contributed by atoms with van der Waals surface area (Å²) in [5.74, 6) is -0.666. The predicted molar refractivity (Wildman–Crippen MR) is 135 cm³/mol. The number of anilines is 1. The number of rotatable bonds is 8. The summed E-state index contributed by atoms with van der Waals surface area (Å²) in [4.78, 5) is 12.7. The lowest BCUT2D eigenvalue weighted by atomic mass is 10.0. The fourth-order valence-corrected chi connectivity index (χ4v) is 5.04. The Labute approximate surface area is 208 Å². The molecule has 0 spiro atoms. The van der Waals surface area contributed by atoms with Crippen LogP contribution in [0.3, 0.4) is 0 Å². The Balaban J connectivity index is 1.86. The van der Waals surface area contributed by atoms with Gasteiger partial charge in [-0.05, 0) is 47.9 Å². The molecule has 1 amide bonds. The summed E-state index contributed by atoms with van der Waals surface area (Å²) in [5, 5.41) is 14.1. The number of amides is 1. The first-order valence-electron chi connectivity index (χ1n) is 10.3. The van der Waals surface area contributed by atoms with Crippen molar-refractivity contribution in [2.24, 2.45) is 5.10 Å². The minimum Gasteiger partial charge on any atom is -0.506 e. The van der Waals surface area contributed by atoms with E-state index in [0.29, 0.717) is 5.69 Å². The third kappa shape index (κ3) is 6.08. The number of phenolic OH excluding ortho intramolecular Hbond substituents is 1. The Morgan fingerprint density at radius 3 is 2.35 bits per heavy atom. The summed E-state index contributed by atoms with van der Waals surface area (Å²) >= 11 is 11.8. The number of hydrogen-bond acceptors (Lipinski definition) is 5. The molecular weight excluding hydrogens is 497 g/mol. The van der Waals surface area contributed by atoms with Gasteiger partial charge in [-0.15, -0.1) is 0 Å². The lowest BCUT2D eigenvalue weighted by Crippen LogP contribution is -2.39. The Hall–Kier alpha value is -3.07. The van der Waals surface area contributed by atoms with E-state index in [1.165, 1.54) is 30.5 Å². The van der Waals surface area contributed by atoms with Crippen molar-refractivity contribution in [1.29, 1.82) is 0 Å². The maximum atomic E-state index is 13.3. The largest absolute Gasteiger partial charge is 0.506 e. The van der Waals surface area contributed by atoms with E-state index in [1.807, 2.05) is 26.0 Å². The molecule has 34 heavy (non-hydrogen) atoms. The molecule has 0 radical (unpaired) electrons. The van der Waals surface area contributed by atoms with Crippen LogP contribution in [0.5, 0.6) is 5.75 Å². The van der Waals surface area contributed by atoms with Crippen molar-refractivity contribution >= 4 is 51.0 Å². The Bertz CT molecular complexity index is 1300. The number of sulfonamides is 1. The zero-order valence-corrected chi connectivity index (χ0v) is 20.8. The molecule has 0 bridgehead atoms. The molecule has 10 heteroatoms. The number of hydrogen-bond donors (Lipinski definition) is 2. The first-order chi connectivity index (χ1) is 16.1. The monoisotopic (exact) mass is 519 g/mol. The van der Waals surface area contributed by atoms with Gasteiger partial charge in [-0.3, -0.25) is 9.10 Å². The molecule has 0 heterocycles. The van der Waals surface area contributed by atoms with Crippen LogP contribution in [0.4, 0.5) is 5.69 Å². The van der Waals surface area contributed by atoms with Gasteiger partial charge in [-0.25, -0.2) is 13.8 Å². The lowest BCUT2D eigenvalue weighted by Gasteiger charge is -2.24. The number of nitrogens with zero attached hydrogens (tertiary/aromatic N) is 2. The average Bonchev–Trinajstić information content (AvgIpc) is 2.81. The third-order valence-electron chi connectivity index (χ3n) is 4.92. The van der Waals surface area contributed by atoms with Crippen LogP contribution in [0.25, 0.3) is 0 Å². The molecule has 3 aromatic rings. The topological polar surface area (TPSA) is 99.1 Å². The van der Waals surface area contributed by atoms with Crippen molar-refractivity contribution in [3.63, 3.8) is 0 Å². The Kier molecular flexibility index (Phi) is 8.19. The second-order valence-electron chi connectivity index (χ2n) is 7.69. The van der Waals surface area contributed by atoms with Gasteiger partial charge in [0.15, 0.2) is 0 Å². The summed E-state index contributed by atoms with van der Waals surface area (Å²) < 4.78 is 27.7. The second kappa shape index (κ2) is 10.9. The number of phenols is 1. The van der Waals surface area contributed by atoms with Crippen molar-refractivity contribution < 1.29 is 18.3 Å². The number of aromatic hydroxyl groups is 1. The van der Waals surface area contributed by atoms with Gasteiger partial charge in [0.05, 0.1) is 21.8 Å². The summed E-state index contributed by atoms with van der Waals surface area (Å²) in [6, 6.07) is 17.6. The first kappa shape index (κ1) is 25.6. The van der Waals surface area contributed by atoms with E-state index >= 15 is 0 Å². The van der Waals surface area contributed by atoms with E-state index in [1.54, 1.807) is 30.3 Å². The van der Waals surface area contributed by atoms with Crippen LogP contribution in [0.15, 0.2) is 76.7 Å². The van der Waals surface area contributed by atoms with Gasteiger partial charge in [0.25, 0.3) is 15.9 Å². The van der Waals surface area contributed by atoms with Crippen molar-refractivity contribution in [2.75, 3.05) is 10.8 Å². The van der Waals surface area contributed by atoms with Crippen LogP contribution in [0.2, 0.25) is 10.0 Å². The van der Waals surface area contributed by atoms with Crippen molar-refractivity contribution in [1.82, 2.24) is 5.43 Å². The number of carbonyl (C=O) groups is 1. The molecule has 0 aliphatic heterocycles. The summed E-state index contributed by atoms with van der Waals surface area (Å²) in [7, 11) is -4.03. The van der Waals surface area contributed by atoms with Crippen LogP contribution in [-0.4, -0.2) is 32.2 Å². The van der Waals surface area contributed by atoms with Crippen molar-refractivity contribution in [3.8, 4) is 5.75 Å². The number of carbonyl (C=O) groups excluding carboxylic acids is 1. The number of nitrogens with one attached hydrogen (secondary N) is 1.